The van der Waals surface area contributed by atoms with Crippen molar-refractivity contribution < 1.29 is 4.92 Å². The van der Waals surface area contributed by atoms with Crippen LogP contribution in [-0.2, 0) is 6.54 Å². The second-order valence-electron chi connectivity index (χ2n) is 4.08. The van der Waals surface area contributed by atoms with Crippen LogP contribution in [-0.4, -0.2) is 14.5 Å². The zero-order valence-electron chi connectivity index (χ0n) is 10.3. The second kappa shape index (κ2) is 5.84. The van der Waals surface area contributed by atoms with Gasteiger partial charge < -0.3 is 0 Å². The molecule has 6 nitrogen and oxygen atoms in total. The number of hydrogen-bond acceptors (Lipinski definition) is 4. The average Bonchev–Trinajstić information content (AvgIpc) is 2.41. The highest BCUT2D eigenvalue weighted by molar-refractivity contribution is 9.11. The second-order valence-corrected chi connectivity index (χ2v) is 5.67. The van der Waals surface area contributed by atoms with Crippen LogP contribution >= 0.6 is 31.9 Å². The molecule has 0 saturated carbocycles. The maximum absolute atomic E-state index is 12.1. The summed E-state index contributed by atoms with van der Waals surface area (Å²) in [5, 5.41) is 10.9. The fraction of sp³-hybridized carbons (Fsp3) is 0.167. The van der Waals surface area contributed by atoms with Gasteiger partial charge in [0.2, 0.25) is 0 Å². The molecule has 1 heterocycles. The Labute approximate surface area is 130 Å². The van der Waals surface area contributed by atoms with Crippen LogP contribution in [0, 0.1) is 17.0 Å². The summed E-state index contributed by atoms with van der Waals surface area (Å²) < 4.78 is 2.15. The van der Waals surface area contributed by atoms with E-state index >= 15 is 0 Å². The Balaban J connectivity index is 2.46. The molecule has 0 atom stereocenters. The molecule has 0 aliphatic rings. The van der Waals surface area contributed by atoms with E-state index in [-0.39, 0.29) is 17.8 Å². The van der Waals surface area contributed by atoms with Gasteiger partial charge in [0.1, 0.15) is 8.95 Å². The summed E-state index contributed by atoms with van der Waals surface area (Å²) in [6, 6.07) is 4.71. The molecule has 8 heteroatoms. The summed E-state index contributed by atoms with van der Waals surface area (Å²) >= 11 is 6.39. The van der Waals surface area contributed by atoms with Crippen LogP contribution in [0.2, 0.25) is 0 Å². The molecule has 2 rings (SSSR count). The molecule has 0 unspecified atom stereocenters. The van der Waals surface area contributed by atoms with Gasteiger partial charge in [-0.3, -0.25) is 19.5 Å². The van der Waals surface area contributed by atoms with Crippen molar-refractivity contribution >= 4 is 37.5 Å². The van der Waals surface area contributed by atoms with Gasteiger partial charge in [-0.25, -0.2) is 4.98 Å². The van der Waals surface area contributed by atoms with Crippen molar-refractivity contribution in [2.45, 2.75) is 13.5 Å². The van der Waals surface area contributed by atoms with Crippen molar-refractivity contribution in [1.82, 2.24) is 9.55 Å². The summed E-state index contributed by atoms with van der Waals surface area (Å²) in [7, 11) is 0. The highest BCUT2D eigenvalue weighted by Gasteiger charge is 2.15. The zero-order valence-corrected chi connectivity index (χ0v) is 13.5. The number of nitro groups is 1. The number of benzene rings is 1. The monoisotopic (exact) mass is 401 g/mol. The molecule has 0 fully saturated rings. The molecule has 0 bridgehead atoms. The van der Waals surface area contributed by atoms with Crippen molar-refractivity contribution in [1.29, 1.82) is 0 Å². The lowest BCUT2D eigenvalue weighted by Crippen LogP contribution is -2.22. The third kappa shape index (κ3) is 2.80. The van der Waals surface area contributed by atoms with Crippen LogP contribution in [0.3, 0.4) is 0 Å². The van der Waals surface area contributed by atoms with Crippen LogP contribution in [0.4, 0.5) is 5.69 Å². The van der Waals surface area contributed by atoms with Crippen molar-refractivity contribution in [3.05, 3.63) is 65.2 Å². The smallest absolute Gasteiger partial charge is 0.283 e. The number of aromatic nitrogens is 2. The van der Waals surface area contributed by atoms with Crippen molar-refractivity contribution in [2.75, 3.05) is 0 Å². The fourth-order valence-corrected chi connectivity index (χ4v) is 2.54. The van der Waals surface area contributed by atoms with Crippen molar-refractivity contribution in [3.8, 4) is 0 Å². The molecule has 104 valence electrons. The lowest BCUT2D eigenvalue weighted by molar-refractivity contribution is -0.385. The molecule has 0 saturated heterocycles. The molecule has 20 heavy (non-hydrogen) atoms. The molecule has 0 amide bonds. The van der Waals surface area contributed by atoms with E-state index in [4.69, 9.17) is 0 Å². The largest absolute Gasteiger partial charge is 0.294 e. The Morgan fingerprint density at radius 1 is 1.35 bits per heavy atom. The Hall–Kier alpha value is -1.54. The van der Waals surface area contributed by atoms with Gasteiger partial charge in [0, 0.05) is 6.07 Å². The highest BCUT2D eigenvalue weighted by atomic mass is 79.9. The fourth-order valence-electron chi connectivity index (χ4n) is 1.67. The molecule has 0 aliphatic carbocycles. The van der Waals surface area contributed by atoms with Crippen LogP contribution in [0.1, 0.15) is 11.3 Å². The van der Waals surface area contributed by atoms with E-state index in [1.165, 1.54) is 17.0 Å². The topological polar surface area (TPSA) is 78.0 Å². The van der Waals surface area contributed by atoms with E-state index < -0.39 is 4.92 Å². The third-order valence-electron chi connectivity index (χ3n) is 2.75. The lowest BCUT2D eigenvalue weighted by Gasteiger charge is -2.08. The maximum Gasteiger partial charge on any atom is 0.283 e. The van der Waals surface area contributed by atoms with Gasteiger partial charge in [-0.15, -0.1) is 0 Å². The first-order valence-electron chi connectivity index (χ1n) is 5.55. The van der Waals surface area contributed by atoms with E-state index in [1.54, 1.807) is 19.1 Å². The zero-order chi connectivity index (χ0) is 14.9. The Bertz CT molecular complexity index is 743. The first-order valence-corrected chi connectivity index (χ1v) is 7.13. The minimum absolute atomic E-state index is 0.0327. The molecule has 0 spiro atoms. The van der Waals surface area contributed by atoms with Crippen LogP contribution in [0.15, 0.2) is 38.3 Å². The number of rotatable bonds is 3. The van der Waals surface area contributed by atoms with Gasteiger partial charge in [-0.05, 0) is 44.3 Å². The third-order valence-corrected chi connectivity index (χ3v) is 4.58. The molecule has 1 aromatic carbocycles. The van der Waals surface area contributed by atoms with Gasteiger partial charge in [0.05, 0.1) is 23.5 Å². The number of aryl methyl sites for hydroxylation is 1. The SMILES string of the molecule is Cc1ncn(Cc2cccc([N+](=O)[O-])c2Br)c(=O)c1Br. The molecule has 0 radical (unpaired) electrons. The van der Waals surface area contributed by atoms with Gasteiger partial charge in [0.25, 0.3) is 11.2 Å². The quantitative estimate of drug-likeness (QED) is 0.583. The van der Waals surface area contributed by atoms with Crippen LogP contribution in [0.25, 0.3) is 0 Å². The minimum atomic E-state index is -0.473. The van der Waals surface area contributed by atoms with Gasteiger partial charge in [-0.2, -0.15) is 0 Å². The predicted octanol–water partition coefficient (Wildman–Crippen LogP) is 3.03. The Morgan fingerprint density at radius 2 is 2.05 bits per heavy atom. The summed E-state index contributed by atoms with van der Waals surface area (Å²) in [6.07, 6.45) is 1.42. The highest BCUT2D eigenvalue weighted by Crippen LogP contribution is 2.28. The molecular formula is C12H9Br2N3O3. The summed E-state index contributed by atoms with van der Waals surface area (Å²) in [4.78, 5) is 26.5. The van der Waals surface area contributed by atoms with Gasteiger partial charge in [0.15, 0.2) is 0 Å². The van der Waals surface area contributed by atoms with Crippen molar-refractivity contribution in [2.24, 2.45) is 0 Å². The number of nitro benzene ring substituents is 1. The Morgan fingerprint density at radius 3 is 2.70 bits per heavy atom. The van der Waals surface area contributed by atoms with Gasteiger partial charge in [-0.1, -0.05) is 12.1 Å². The molecule has 0 aliphatic heterocycles. The molecule has 1 aromatic heterocycles. The first-order chi connectivity index (χ1) is 9.41. The van der Waals surface area contributed by atoms with Gasteiger partial charge >= 0.3 is 0 Å². The average molecular weight is 403 g/mol. The van der Waals surface area contributed by atoms with Crippen LogP contribution < -0.4 is 5.56 Å². The summed E-state index contributed by atoms with van der Waals surface area (Å²) in [5.74, 6) is 0. The Kier molecular flexibility index (Phi) is 4.34. The standard InChI is InChI=1S/C12H9Br2N3O3/c1-7-10(13)12(18)16(6-15-7)5-8-3-2-4-9(11(8)14)17(19)20/h2-4,6H,5H2,1H3. The molecule has 0 N–H and O–H groups in total. The minimum Gasteiger partial charge on any atom is -0.294 e. The van der Waals surface area contributed by atoms with E-state index in [2.05, 4.69) is 36.8 Å². The van der Waals surface area contributed by atoms with E-state index in [1.807, 2.05) is 0 Å². The molecular weight excluding hydrogens is 394 g/mol. The molecule has 2 aromatic rings. The summed E-state index contributed by atoms with van der Waals surface area (Å²) in [6.45, 7) is 1.92. The predicted molar refractivity (Wildman–Crippen MR) is 80.8 cm³/mol. The normalized spacial score (nSPS) is 10.6. The van der Waals surface area contributed by atoms with Crippen LogP contribution in [0.5, 0.6) is 0 Å². The number of halogens is 2. The lowest BCUT2D eigenvalue weighted by atomic mass is 10.2. The number of nitrogens with zero attached hydrogens (tertiary/aromatic N) is 3. The van der Waals surface area contributed by atoms with E-state index in [0.717, 1.165) is 0 Å². The maximum atomic E-state index is 12.1. The van der Waals surface area contributed by atoms with E-state index in [0.29, 0.717) is 20.2 Å². The van der Waals surface area contributed by atoms with Crippen molar-refractivity contribution in [3.63, 3.8) is 0 Å². The number of hydrogen-bond donors (Lipinski definition) is 0. The van der Waals surface area contributed by atoms with E-state index in [9.17, 15) is 14.9 Å². The first kappa shape index (κ1) is 14.9. The summed E-state index contributed by atoms with van der Waals surface area (Å²) in [5.41, 5.74) is 0.980.